The Hall–Kier alpha value is -2.12. The van der Waals surface area contributed by atoms with Crippen LogP contribution in [0.3, 0.4) is 0 Å². The van der Waals surface area contributed by atoms with Gasteiger partial charge in [0.1, 0.15) is 17.5 Å². The van der Waals surface area contributed by atoms with Crippen LogP contribution in [-0.4, -0.2) is 8.42 Å². The highest BCUT2D eigenvalue weighted by Gasteiger charge is 2.24. The molecule has 0 amide bonds. The van der Waals surface area contributed by atoms with E-state index in [0.717, 1.165) is 24.1 Å². The van der Waals surface area contributed by atoms with Gasteiger partial charge in [-0.15, -0.1) is 0 Å². The molecule has 0 aliphatic heterocycles. The van der Waals surface area contributed by atoms with E-state index in [1.807, 2.05) is 0 Å². The number of rotatable bonds is 3. The van der Waals surface area contributed by atoms with Crippen molar-refractivity contribution in [3.63, 3.8) is 0 Å². The predicted molar refractivity (Wildman–Crippen MR) is 84.8 cm³/mol. The Labute approximate surface area is 137 Å². The van der Waals surface area contributed by atoms with Crippen LogP contribution in [0.25, 0.3) is 11.1 Å². The second kappa shape index (κ2) is 6.07. The van der Waals surface area contributed by atoms with Gasteiger partial charge in [-0.2, -0.15) is 0 Å². The lowest BCUT2D eigenvalue weighted by Crippen LogP contribution is -2.16. The Bertz CT molecular complexity index is 929. The van der Waals surface area contributed by atoms with Crippen molar-refractivity contribution in [3.8, 4) is 0 Å². The number of hydrogen-bond donors (Lipinski definition) is 1. The molecule has 0 aromatic heterocycles. The molecule has 2 aromatic carbocycles. The first-order valence-electron chi connectivity index (χ1n) is 7.27. The van der Waals surface area contributed by atoms with E-state index in [2.05, 4.69) is 0 Å². The summed E-state index contributed by atoms with van der Waals surface area (Å²) in [6.45, 7) is 0. The van der Waals surface area contributed by atoms with E-state index in [9.17, 15) is 21.6 Å². The van der Waals surface area contributed by atoms with Crippen LogP contribution in [0.1, 0.15) is 30.4 Å². The molecule has 0 saturated heterocycles. The molecule has 0 fully saturated rings. The fourth-order valence-corrected chi connectivity index (χ4v) is 3.72. The molecular formula is C17H14F3NO2S. The quantitative estimate of drug-likeness (QED) is 0.911. The van der Waals surface area contributed by atoms with Gasteiger partial charge in [-0.3, -0.25) is 0 Å². The van der Waals surface area contributed by atoms with Gasteiger partial charge in [-0.25, -0.2) is 26.7 Å². The highest BCUT2D eigenvalue weighted by atomic mass is 32.2. The average Bonchev–Trinajstić information content (AvgIpc) is 2.94. The van der Waals surface area contributed by atoms with Gasteiger partial charge in [-0.05, 0) is 65.8 Å². The van der Waals surface area contributed by atoms with E-state index in [1.165, 1.54) is 12.1 Å². The molecule has 2 N–H and O–H groups in total. The third-order valence-corrected chi connectivity index (χ3v) is 4.98. The third kappa shape index (κ3) is 3.09. The number of allylic oxidation sites excluding steroid dienone is 2. The first-order chi connectivity index (χ1) is 11.3. The lowest BCUT2D eigenvalue weighted by Gasteiger charge is -2.11. The monoisotopic (exact) mass is 353 g/mol. The number of benzene rings is 2. The summed E-state index contributed by atoms with van der Waals surface area (Å²) in [7, 11) is -4.49. The van der Waals surface area contributed by atoms with Gasteiger partial charge in [0.15, 0.2) is 4.90 Å². The minimum Gasteiger partial charge on any atom is -0.224 e. The lowest BCUT2D eigenvalue weighted by atomic mass is 9.97. The molecule has 2 aromatic rings. The number of hydrogen-bond acceptors (Lipinski definition) is 2. The average molecular weight is 353 g/mol. The molecule has 0 bridgehead atoms. The van der Waals surface area contributed by atoms with E-state index >= 15 is 0 Å². The summed E-state index contributed by atoms with van der Waals surface area (Å²) < 4.78 is 64.1. The third-order valence-electron chi connectivity index (χ3n) is 4.02. The second-order valence-electron chi connectivity index (χ2n) is 5.64. The van der Waals surface area contributed by atoms with Crippen molar-refractivity contribution in [3.05, 3.63) is 65.0 Å². The normalized spacial score (nSPS) is 15.2. The molecule has 0 atom stereocenters. The van der Waals surface area contributed by atoms with E-state index in [0.29, 0.717) is 24.0 Å². The number of halogens is 3. The molecule has 3 nitrogen and oxygen atoms in total. The van der Waals surface area contributed by atoms with Gasteiger partial charge in [0.25, 0.3) is 0 Å². The molecule has 7 heteroatoms. The van der Waals surface area contributed by atoms with E-state index in [1.54, 1.807) is 12.1 Å². The van der Waals surface area contributed by atoms with E-state index < -0.39 is 32.4 Å². The van der Waals surface area contributed by atoms with Gasteiger partial charge in [0, 0.05) is 0 Å². The lowest BCUT2D eigenvalue weighted by molar-refractivity contribution is 0.519. The summed E-state index contributed by atoms with van der Waals surface area (Å²) >= 11 is 0. The Kier molecular flexibility index (Phi) is 4.23. The van der Waals surface area contributed by atoms with Crippen LogP contribution in [0.15, 0.2) is 41.3 Å². The van der Waals surface area contributed by atoms with Crippen LogP contribution >= 0.6 is 0 Å². The van der Waals surface area contributed by atoms with Crippen molar-refractivity contribution in [2.45, 2.75) is 24.2 Å². The number of nitrogens with two attached hydrogens (primary N) is 1. The van der Waals surface area contributed by atoms with Crippen molar-refractivity contribution in [2.75, 3.05) is 0 Å². The van der Waals surface area contributed by atoms with Gasteiger partial charge in [-0.1, -0.05) is 12.1 Å². The molecule has 126 valence electrons. The molecule has 0 saturated carbocycles. The maximum atomic E-state index is 14.1. The zero-order valence-corrected chi connectivity index (χ0v) is 13.3. The first kappa shape index (κ1) is 16.7. The maximum Gasteiger partial charge on any atom is 0.243 e. The second-order valence-corrected chi connectivity index (χ2v) is 7.13. The largest absolute Gasteiger partial charge is 0.243 e. The molecule has 0 heterocycles. The minimum absolute atomic E-state index is 0.245. The van der Waals surface area contributed by atoms with Crippen molar-refractivity contribution in [2.24, 2.45) is 5.14 Å². The molecular weight excluding hydrogens is 339 g/mol. The van der Waals surface area contributed by atoms with Crippen molar-refractivity contribution in [1.82, 2.24) is 0 Å². The van der Waals surface area contributed by atoms with Gasteiger partial charge in [0.05, 0.1) is 0 Å². The molecule has 0 unspecified atom stereocenters. The van der Waals surface area contributed by atoms with Crippen molar-refractivity contribution >= 4 is 21.2 Å². The van der Waals surface area contributed by atoms with Crippen molar-refractivity contribution in [1.29, 1.82) is 0 Å². The summed E-state index contributed by atoms with van der Waals surface area (Å²) in [5.41, 5.74) is 2.38. The molecule has 1 aliphatic carbocycles. The van der Waals surface area contributed by atoms with Crippen LogP contribution in [0, 0.1) is 17.5 Å². The van der Waals surface area contributed by atoms with Gasteiger partial charge < -0.3 is 0 Å². The summed E-state index contributed by atoms with van der Waals surface area (Å²) in [5, 5.41) is 4.84. The van der Waals surface area contributed by atoms with Crippen LogP contribution in [0.2, 0.25) is 0 Å². The van der Waals surface area contributed by atoms with Crippen LogP contribution < -0.4 is 5.14 Å². The highest BCUT2D eigenvalue weighted by Crippen LogP contribution is 2.40. The fraction of sp³-hybridized carbons (Fsp3) is 0.176. The summed E-state index contributed by atoms with van der Waals surface area (Å²) in [4.78, 5) is -1.14. The molecule has 24 heavy (non-hydrogen) atoms. The molecule has 1 aliphatic rings. The number of primary sulfonamides is 1. The fourth-order valence-electron chi connectivity index (χ4n) is 3.06. The van der Waals surface area contributed by atoms with Crippen molar-refractivity contribution < 1.29 is 21.6 Å². The van der Waals surface area contributed by atoms with E-state index in [-0.39, 0.29) is 5.56 Å². The minimum atomic E-state index is -4.49. The molecule has 0 spiro atoms. The van der Waals surface area contributed by atoms with Crippen LogP contribution in [0.5, 0.6) is 0 Å². The first-order valence-corrected chi connectivity index (χ1v) is 8.82. The SMILES string of the molecule is NS(=O)(=O)c1c(F)cc(C2=C(c3cccc(F)c3)CCC2)cc1F. The molecule has 3 rings (SSSR count). The van der Waals surface area contributed by atoms with Gasteiger partial charge in [0.2, 0.25) is 10.0 Å². The van der Waals surface area contributed by atoms with Gasteiger partial charge >= 0.3 is 0 Å². The maximum absolute atomic E-state index is 14.1. The summed E-state index contributed by atoms with van der Waals surface area (Å²) in [6, 6.07) is 7.91. The Morgan fingerprint density at radius 1 is 0.875 bits per heavy atom. The smallest absolute Gasteiger partial charge is 0.224 e. The Morgan fingerprint density at radius 2 is 1.46 bits per heavy atom. The van der Waals surface area contributed by atoms with Crippen LogP contribution in [-0.2, 0) is 10.0 Å². The Balaban J connectivity index is 2.16. The van der Waals surface area contributed by atoms with Crippen LogP contribution in [0.4, 0.5) is 13.2 Å². The molecule has 0 radical (unpaired) electrons. The summed E-state index contributed by atoms with van der Waals surface area (Å²) in [6.07, 6.45) is 1.99. The standard InChI is InChI=1S/C17H14F3NO2S/c18-12-4-1-3-10(7-12)13-5-2-6-14(13)11-8-15(19)17(16(20)9-11)24(21,22)23/h1,3-4,7-9H,2,5-6H2,(H2,21,22,23). The highest BCUT2D eigenvalue weighted by molar-refractivity contribution is 7.89. The summed E-state index contributed by atoms with van der Waals surface area (Å²) in [5.74, 6) is -2.86. The predicted octanol–water partition coefficient (Wildman–Crippen LogP) is 3.85. The zero-order valence-electron chi connectivity index (χ0n) is 12.5. The topological polar surface area (TPSA) is 60.2 Å². The number of sulfonamides is 1. The van der Waals surface area contributed by atoms with E-state index in [4.69, 9.17) is 5.14 Å². The Morgan fingerprint density at radius 3 is 2.00 bits per heavy atom. The zero-order chi connectivity index (χ0) is 17.5.